The zero-order valence-electron chi connectivity index (χ0n) is 17.0. The Labute approximate surface area is 177 Å². The van der Waals surface area contributed by atoms with E-state index < -0.39 is 17.6 Å². The summed E-state index contributed by atoms with van der Waals surface area (Å²) in [6, 6.07) is 12.0. The number of halogens is 4. The molecule has 0 spiro atoms. The molecule has 0 fully saturated rings. The number of aliphatic imine (C=N–C) groups is 1. The van der Waals surface area contributed by atoms with Gasteiger partial charge in [0.15, 0.2) is 11.8 Å². The van der Waals surface area contributed by atoms with Crippen molar-refractivity contribution in [1.82, 2.24) is 25.4 Å². The van der Waals surface area contributed by atoms with Crippen LogP contribution in [-0.2, 0) is 32.9 Å². The van der Waals surface area contributed by atoms with E-state index >= 15 is 0 Å². The van der Waals surface area contributed by atoms with Crippen molar-refractivity contribution < 1.29 is 17.6 Å². The Kier molecular flexibility index (Phi) is 6.88. The monoisotopic (exact) mass is 434 g/mol. The van der Waals surface area contributed by atoms with E-state index in [0.29, 0.717) is 24.4 Å². The Morgan fingerprint density at radius 1 is 1.03 bits per heavy atom. The van der Waals surface area contributed by atoms with Crippen LogP contribution in [0.2, 0.25) is 0 Å². The molecule has 31 heavy (non-hydrogen) atoms. The van der Waals surface area contributed by atoms with Gasteiger partial charge in [0, 0.05) is 13.6 Å². The molecule has 6 nitrogen and oxygen atoms in total. The number of nitrogens with zero attached hydrogens (tertiary/aromatic N) is 4. The molecule has 0 atom stereocenters. The van der Waals surface area contributed by atoms with Crippen LogP contribution in [0.15, 0.2) is 53.5 Å². The molecule has 0 aliphatic heterocycles. The first kappa shape index (κ1) is 22.3. The van der Waals surface area contributed by atoms with Crippen molar-refractivity contribution in [3.05, 3.63) is 82.7 Å². The molecule has 0 bridgehead atoms. The van der Waals surface area contributed by atoms with Crippen LogP contribution in [-0.4, -0.2) is 20.7 Å². The average molecular weight is 434 g/mol. The highest BCUT2D eigenvalue weighted by molar-refractivity contribution is 5.79. The van der Waals surface area contributed by atoms with Gasteiger partial charge in [-0.15, -0.1) is 10.2 Å². The first-order valence-electron chi connectivity index (χ1n) is 9.50. The molecule has 2 aromatic carbocycles. The van der Waals surface area contributed by atoms with Gasteiger partial charge in [-0.2, -0.15) is 13.2 Å². The zero-order chi connectivity index (χ0) is 22.4. The van der Waals surface area contributed by atoms with E-state index in [-0.39, 0.29) is 18.7 Å². The molecule has 0 aliphatic rings. The highest BCUT2D eigenvalue weighted by atomic mass is 19.4. The standard InChI is InChI=1S/C21H22F4N6/c1-14-29-30-19(31(14)2)13-28-20(26-11-15-6-4-3-5-7-15)27-12-16-8-9-17(22)10-18(16)21(23,24)25/h3-10H,11-13H2,1-2H3,(H2,26,27,28). The molecule has 3 rings (SSSR count). The summed E-state index contributed by atoms with van der Waals surface area (Å²) in [4.78, 5) is 4.45. The Bertz CT molecular complexity index is 1040. The van der Waals surface area contributed by atoms with Crippen LogP contribution in [0.1, 0.15) is 28.3 Å². The molecule has 0 saturated carbocycles. The van der Waals surface area contributed by atoms with Crippen molar-refractivity contribution in [3.8, 4) is 0 Å². The predicted octanol–water partition coefficient (Wildman–Crippen LogP) is 3.72. The number of nitrogens with one attached hydrogen (secondary N) is 2. The number of hydrogen-bond donors (Lipinski definition) is 2. The quantitative estimate of drug-likeness (QED) is 0.353. The summed E-state index contributed by atoms with van der Waals surface area (Å²) in [5.41, 5.74) is -0.167. The van der Waals surface area contributed by atoms with Gasteiger partial charge in [0.05, 0.1) is 18.7 Å². The lowest BCUT2D eigenvalue weighted by atomic mass is 10.1. The molecule has 1 aromatic heterocycles. The summed E-state index contributed by atoms with van der Waals surface area (Å²) in [6.45, 7) is 2.22. The minimum absolute atomic E-state index is 0.0855. The minimum atomic E-state index is -4.66. The van der Waals surface area contributed by atoms with E-state index in [1.165, 1.54) is 0 Å². The largest absolute Gasteiger partial charge is 0.416 e. The van der Waals surface area contributed by atoms with Gasteiger partial charge in [0.1, 0.15) is 11.6 Å². The minimum Gasteiger partial charge on any atom is -0.352 e. The number of guanidine groups is 1. The maximum Gasteiger partial charge on any atom is 0.416 e. The first-order valence-corrected chi connectivity index (χ1v) is 9.50. The Balaban J connectivity index is 1.77. The summed E-state index contributed by atoms with van der Waals surface area (Å²) < 4.78 is 55.0. The van der Waals surface area contributed by atoms with E-state index in [0.717, 1.165) is 23.5 Å². The molecular weight excluding hydrogens is 412 g/mol. The lowest BCUT2D eigenvalue weighted by Gasteiger charge is -2.16. The fraction of sp³-hybridized carbons (Fsp3) is 0.286. The molecule has 10 heteroatoms. The number of aromatic nitrogens is 3. The molecule has 0 aliphatic carbocycles. The number of alkyl halides is 3. The fourth-order valence-corrected chi connectivity index (χ4v) is 2.84. The average Bonchev–Trinajstić information content (AvgIpc) is 3.06. The third kappa shape index (κ3) is 6.03. The van der Waals surface area contributed by atoms with Gasteiger partial charge in [0.25, 0.3) is 0 Å². The van der Waals surface area contributed by atoms with Crippen LogP contribution in [0.4, 0.5) is 17.6 Å². The van der Waals surface area contributed by atoms with Crippen molar-refractivity contribution in [2.75, 3.05) is 0 Å². The van der Waals surface area contributed by atoms with Gasteiger partial charge in [-0.1, -0.05) is 36.4 Å². The summed E-state index contributed by atoms with van der Waals surface area (Å²) >= 11 is 0. The lowest BCUT2D eigenvalue weighted by Crippen LogP contribution is -2.37. The van der Waals surface area contributed by atoms with E-state index in [1.54, 1.807) is 4.57 Å². The van der Waals surface area contributed by atoms with Crippen LogP contribution >= 0.6 is 0 Å². The molecule has 3 aromatic rings. The number of aryl methyl sites for hydroxylation is 1. The van der Waals surface area contributed by atoms with E-state index in [4.69, 9.17) is 0 Å². The normalized spacial score (nSPS) is 12.1. The maximum atomic E-state index is 13.4. The van der Waals surface area contributed by atoms with E-state index in [2.05, 4.69) is 25.8 Å². The van der Waals surface area contributed by atoms with E-state index in [1.807, 2.05) is 44.3 Å². The van der Waals surface area contributed by atoms with Gasteiger partial charge in [-0.05, 0) is 30.2 Å². The number of benzene rings is 2. The fourth-order valence-electron chi connectivity index (χ4n) is 2.84. The van der Waals surface area contributed by atoms with Gasteiger partial charge >= 0.3 is 6.18 Å². The Morgan fingerprint density at radius 2 is 1.74 bits per heavy atom. The van der Waals surface area contributed by atoms with Crippen LogP contribution in [0, 0.1) is 12.7 Å². The molecule has 1 heterocycles. The first-order chi connectivity index (χ1) is 14.7. The van der Waals surface area contributed by atoms with Crippen molar-refractivity contribution in [3.63, 3.8) is 0 Å². The second-order valence-corrected chi connectivity index (χ2v) is 6.88. The third-order valence-electron chi connectivity index (χ3n) is 4.68. The second kappa shape index (κ2) is 9.59. The second-order valence-electron chi connectivity index (χ2n) is 6.88. The molecule has 164 valence electrons. The summed E-state index contributed by atoms with van der Waals surface area (Å²) in [5.74, 6) is 0.727. The summed E-state index contributed by atoms with van der Waals surface area (Å²) in [7, 11) is 1.81. The van der Waals surface area contributed by atoms with Gasteiger partial charge in [0.2, 0.25) is 0 Å². The van der Waals surface area contributed by atoms with Crippen LogP contribution < -0.4 is 10.6 Å². The summed E-state index contributed by atoms with van der Waals surface area (Å²) in [5, 5.41) is 14.0. The van der Waals surface area contributed by atoms with E-state index in [9.17, 15) is 17.6 Å². The smallest absolute Gasteiger partial charge is 0.352 e. The van der Waals surface area contributed by atoms with Crippen molar-refractivity contribution in [1.29, 1.82) is 0 Å². The van der Waals surface area contributed by atoms with Crippen molar-refractivity contribution in [2.45, 2.75) is 32.7 Å². The third-order valence-corrected chi connectivity index (χ3v) is 4.68. The molecule has 0 amide bonds. The Morgan fingerprint density at radius 3 is 2.39 bits per heavy atom. The molecule has 0 radical (unpaired) electrons. The summed E-state index contributed by atoms with van der Waals surface area (Å²) in [6.07, 6.45) is -4.66. The molecule has 0 unspecified atom stereocenters. The number of hydrogen-bond acceptors (Lipinski definition) is 3. The van der Waals surface area contributed by atoms with Gasteiger partial charge in [-0.3, -0.25) is 0 Å². The highest BCUT2D eigenvalue weighted by Gasteiger charge is 2.33. The molecule has 2 N–H and O–H groups in total. The van der Waals surface area contributed by atoms with Crippen molar-refractivity contribution in [2.24, 2.45) is 12.0 Å². The topological polar surface area (TPSA) is 67.1 Å². The van der Waals surface area contributed by atoms with Crippen LogP contribution in [0.3, 0.4) is 0 Å². The molecular formula is C21H22F4N6. The van der Waals surface area contributed by atoms with Crippen LogP contribution in [0.25, 0.3) is 0 Å². The maximum absolute atomic E-state index is 13.4. The lowest BCUT2D eigenvalue weighted by molar-refractivity contribution is -0.138. The van der Waals surface area contributed by atoms with Gasteiger partial charge < -0.3 is 15.2 Å². The Hall–Kier alpha value is -3.43. The van der Waals surface area contributed by atoms with Crippen molar-refractivity contribution >= 4 is 5.96 Å². The highest BCUT2D eigenvalue weighted by Crippen LogP contribution is 2.32. The zero-order valence-corrected chi connectivity index (χ0v) is 17.0. The van der Waals surface area contributed by atoms with Crippen LogP contribution in [0.5, 0.6) is 0 Å². The molecule has 0 saturated heterocycles. The SMILES string of the molecule is Cc1nnc(CNC(=NCc2ccccc2)NCc2ccc(F)cc2C(F)(F)F)n1C. The van der Waals surface area contributed by atoms with Gasteiger partial charge in [-0.25, -0.2) is 9.38 Å². The number of rotatable bonds is 6. The predicted molar refractivity (Wildman–Crippen MR) is 108 cm³/mol.